The molecule has 0 amide bonds. The van der Waals surface area contributed by atoms with Gasteiger partial charge in [-0.25, -0.2) is 0 Å². The minimum Gasteiger partial charge on any atom is -0.357 e. The van der Waals surface area contributed by atoms with E-state index < -0.39 is 0 Å². The molecule has 2 unspecified atom stereocenters. The number of likely N-dealkylation sites (tertiary alicyclic amines) is 1. The van der Waals surface area contributed by atoms with Crippen LogP contribution in [0.2, 0.25) is 0 Å². The fraction of sp³-hybridized carbons (Fsp3) is 0.765. The lowest BCUT2D eigenvalue weighted by molar-refractivity contribution is 0.265. The van der Waals surface area contributed by atoms with E-state index in [1.54, 1.807) is 0 Å². The summed E-state index contributed by atoms with van der Waals surface area (Å²) in [5.41, 5.74) is 1.19. The minimum atomic E-state index is 0. The van der Waals surface area contributed by atoms with Crippen molar-refractivity contribution in [3.05, 3.63) is 18.0 Å². The quantitative estimate of drug-likeness (QED) is 0.398. The first-order valence-electron chi connectivity index (χ1n) is 8.77. The summed E-state index contributed by atoms with van der Waals surface area (Å²) in [7, 11) is 0. The molecule has 1 aliphatic rings. The van der Waals surface area contributed by atoms with Gasteiger partial charge in [0.2, 0.25) is 0 Å². The molecule has 24 heavy (non-hydrogen) atoms. The highest BCUT2D eigenvalue weighted by Crippen LogP contribution is 2.18. The number of hydrogen-bond donors (Lipinski definition) is 2. The molecule has 0 saturated carbocycles. The molecule has 2 atom stereocenters. The number of aliphatic imine (C=N–C) groups is 1. The van der Waals surface area contributed by atoms with Gasteiger partial charge in [0, 0.05) is 37.9 Å². The van der Waals surface area contributed by atoms with Crippen LogP contribution in [0.3, 0.4) is 0 Å². The average molecular weight is 448 g/mol. The highest BCUT2D eigenvalue weighted by Gasteiger charge is 2.31. The monoisotopic (exact) mass is 448 g/mol. The van der Waals surface area contributed by atoms with Crippen LogP contribution in [0.5, 0.6) is 0 Å². The van der Waals surface area contributed by atoms with E-state index in [9.17, 15) is 0 Å². The molecule has 0 spiro atoms. The van der Waals surface area contributed by atoms with Crippen LogP contribution in [0.15, 0.2) is 17.4 Å². The van der Waals surface area contributed by atoms with Gasteiger partial charge in [-0.1, -0.05) is 6.92 Å². The molecule has 7 heteroatoms. The van der Waals surface area contributed by atoms with Gasteiger partial charge in [0.1, 0.15) is 0 Å². The third-order valence-electron chi connectivity index (χ3n) is 4.40. The van der Waals surface area contributed by atoms with Crippen LogP contribution >= 0.6 is 24.0 Å². The highest BCUT2D eigenvalue weighted by atomic mass is 127. The number of aromatic nitrogens is 2. The van der Waals surface area contributed by atoms with Crippen molar-refractivity contribution in [3.63, 3.8) is 0 Å². The molecule has 0 bridgehead atoms. The molecule has 1 saturated heterocycles. The molecule has 0 radical (unpaired) electrons. The summed E-state index contributed by atoms with van der Waals surface area (Å²) < 4.78 is 1.95. The highest BCUT2D eigenvalue weighted by molar-refractivity contribution is 14.0. The van der Waals surface area contributed by atoms with Crippen molar-refractivity contribution in [1.82, 2.24) is 25.3 Å². The maximum absolute atomic E-state index is 4.70. The van der Waals surface area contributed by atoms with E-state index in [1.165, 1.54) is 5.56 Å². The van der Waals surface area contributed by atoms with Gasteiger partial charge >= 0.3 is 0 Å². The fourth-order valence-electron chi connectivity index (χ4n) is 2.96. The number of halogens is 1. The van der Waals surface area contributed by atoms with Crippen molar-refractivity contribution >= 4 is 29.9 Å². The van der Waals surface area contributed by atoms with Gasteiger partial charge in [0.25, 0.3) is 0 Å². The summed E-state index contributed by atoms with van der Waals surface area (Å²) in [5, 5.41) is 11.3. The van der Waals surface area contributed by atoms with Gasteiger partial charge < -0.3 is 10.6 Å². The lowest BCUT2D eigenvalue weighted by atomic mass is 10.1. The predicted octanol–water partition coefficient (Wildman–Crippen LogP) is 2.09. The molecule has 0 aliphatic carbocycles. The topological polar surface area (TPSA) is 57.5 Å². The van der Waals surface area contributed by atoms with E-state index in [1.807, 2.05) is 10.9 Å². The first-order chi connectivity index (χ1) is 11.0. The Morgan fingerprint density at radius 3 is 2.71 bits per heavy atom. The lowest BCUT2D eigenvalue weighted by Gasteiger charge is -2.21. The Hall–Kier alpha value is -0.830. The van der Waals surface area contributed by atoms with Crippen molar-refractivity contribution in [2.45, 2.75) is 53.2 Å². The minimum absolute atomic E-state index is 0. The number of nitrogens with one attached hydrogen (secondary N) is 2. The second-order valence-corrected chi connectivity index (χ2v) is 6.82. The Labute approximate surface area is 163 Å². The second-order valence-electron chi connectivity index (χ2n) is 6.82. The zero-order valence-corrected chi connectivity index (χ0v) is 17.9. The molecule has 2 N–H and O–H groups in total. The maximum atomic E-state index is 4.70. The summed E-state index contributed by atoms with van der Waals surface area (Å²) in [6.07, 6.45) is 3.93. The lowest BCUT2D eigenvalue weighted by Crippen LogP contribution is -2.47. The van der Waals surface area contributed by atoms with Crippen molar-refractivity contribution in [2.24, 2.45) is 10.9 Å². The van der Waals surface area contributed by atoms with Crippen LogP contribution in [0, 0.1) is 12.8 Å². The molecule has 1 aliphatic heterocycles. The molecular weight excluding hydrogens is 415 g/mol. The molecular formula is C17H33IN6. The van der Waals surface area contributed by atoms with E-state index in [2.05, 4.69) is 61.4 Å². The fourth-order valence-corrected chi connectivity index (χ4v) is 2.96. The Morgan fingerprint density at radius 1 is 1.42 bits per heavy atom. The largest absolute Gasteiger partial charge is 0.357 e. The summed E-state index contributed by atoms with van der Waals surface area (Å²) >= 11 is 0. The molecule has 1 fully saturated rings. The zero-order valence-electron chi connectivity index (χ0n) is 15.6. The van der Waals surface area contributed by atoms with Gasteiger partial charge in [0.05, 0.1) is 19.3 Å². The Balaban J connectivity index is 0.00000288. The normalized spacial score (nSPS) is 21.8. The van der Waals surface area contributed by atoms with Crippen molar-refractivity contribution in [2.75, 3.05) is 26.2 Å². The number of hydrogen-bond acceptors (Lipinski definition) is 3. The first kappa shape index (κ1) is 21.2. The summed E-state index contributed by atoms with van der Waals surface area (Å²) in [5.74, 6) is 1.55. The van der Waals surface area contributed by atoms with E-state index in [4.69, 9.17) is 4.99 Å². The van der Waals surface area contributed by atoms with E-state index >= 15 is 0 Å². The van der Waals surface area contributed by atoms with Crippen LogP contribution in [-0.4, -0.2) is 58.9 Å². The Morgan fingerprint density at radius 2 is 2.17 bits per heavy atom. The van der Waals surface area contributed by atoms with Crippen LogP contribution in [0.4, 0.5) is 0 Å². The van der Waals surface area contributed by atoms with Gasteiger partial charge in [0.15, 0.2) is 5.96 Å². The SMILES string of the molecule is CCNC(=NCCn1cc(C)cn1)NC1CN(C(C)C)CC1C.I. The first-order valence-corrected chi connectivity index (χ1v) is 8.77. The molecule has 138 valence electrons. The van der Waals surface area contributed by atoms with Gasteiger partial charge in [-0.2, -0.15) is 5.10 Å². The molecule has 1 aromatic heterocycles. The number of nitrogens with zero attached hydrogens (tertiary/aromatic N) is 4. The maximum Gasteiger partial charge on any atom is 0.191 e. The van der Waals surface area contributed by atoms with E-state index in [0.717, 1.165) is 38.7 Å². The predicted molar refractivity (Wildman–Crippen MR) is 111 cm³/mol. The third kappa shape index (κ3) is 6.23. The average Bonchev–Trinajstić information content (AvgIpc) is 3.06. The Kier molecular flexibility index (Phi) is 9.04. The Bertz CT molecular complexity index is 513. The van der Waals surface area contributed by atoms with Crippen LogP contribution < -0.4 is 10.6 Å². The second kappa shape index (κ2) is 10.2. The van der Waals surface area contributed by atoms with Crippen LogP contribution in [-0.2, 0) is 6.54 Å². The number of aryl methyl sites for hydroxylation is 1. The zero-order chi connectivity index (χ0) is 16.8. The van der Waals surface area contributed by atoms with Crippen LogP contribution in [0.1, 0.15) is 33.3 Å². The smallest absolute Gasteiger partial charge is 0.191 e. The third-order valence-corrected chi connectivity index (χ3v) is 4.40. The summed E-state index contributed by atoms with van der Waals surface area (Å²) in [4.78, 5) is 7.23. The van der Waals surface area contributed by atoms with Crippen molar-refractivity contribution < 1.29 is 0 Å². The number of rotatable bonds is 6. The van der Waals surface area contributed by atoms with E-state index in [0.29, 0.717) is 18.0 Å². The summed E-state index contributed by atoms with van der Waals surface area (Å²) in [6, 6.07) is 1.06. The van der Waals surface area contributed by atoms with Gasteiger partial charge in [-0.3, -0.25) is 14.6 Å². The van der Waals surface area contributed by atoms with Crippen LogP contribution in [0.25, 0.3) is 0 Å². The van der Waals surface area contributed by atoms with Gasteiger partial charge in [-0.05, 0) is 39.2 Å². The molecule has 1 aromatic rings. The molecule has 2 rings (SSSR count). The van der Waals surface area contributed by atoms with Crippen molar-refractivity contribution in [1.29, 1.82) is 0 Å². The van der Waals surface area contributed by atoms with Gasteiger partial charge in [-0.15, -0.1) is 24.0 Å². The van der Waals surface area contributed by atoms with E-state index in [-0.39, 0.29) is 24.0 Å². The molecule has 2 heterocycles. The van der Waals surface area contributed by atoms with Crippen molar-refractivity contribution in [3.8, 4) is 0 Å². The molecule has 6 nitrogen and oxygen atoms in total. The standard InChI is InChI=1S/C17H32N6.HI/c1-6-18-17(19-7-8-23-10-14(4)9-20-23)21-16-12-22(13(2)3)11-15(16)5;/h9-10,13,15-16H,6-8,11-12H2,1-5H3,(H2,18,19,21);1H. The number of guanidine groups is 1. The summed E-state index contributed by atoms with van der Waals surface area (Å²) in [6.45, 7) is 15.7. The molecule has 0 aromatic carbocycles.